The van der Waals surface area contributed by atoms with Crippen LogP contribution in [0.4, 0.5) is 22.0 Å². The van der Waals surface area contributed by atoms with Crippen molar-refractivity contribution in [3.05, 3.63) is 83.9 Å². The highest BCUT2D eigenvalue weighted by atomic mass is 19.4. The molecule has 0 N–H and O–H groups in total. The molecule has 2 atom stereocenters. The van der Waals surface area contributed by atoms with Crippen LogP contribution in [0, 0.1) is 11.6 Å². The Bertz CT molecular complexity index is 1550. The number of alkyl halides is 3. The third-order valence-corrected chi connectivity index (χ3v) is 8.49. The minimum Gasteiger partial charge on any atom is -0.240 e. The van der Waals surface area contributed by atoms with Gasteiger partial charge in [0.2, 0.25) is 17.2 Å². The number of nitrogens with zero attached hydrogens (tertiary/aromatic N) is 5. The van der Waals surface area contributed by atoms with Gasteiger partial charge >= 0.3 is 6.18 Å². The number of rotatable bonds is 6. The molecule has 5 nitrogen and oxygen atoms in total. The Morgan fingerprint density at radius 1 is 0.949 bits per heavy atom. The Balaban J connectivity index is 1.69. The van der Waals surface area contributed by atoms with Crippen LogP contribution in [0.3, 0.4) is 0 Å². The average Bonchev–Trinajstić information content (AvgIpc) is 3.33. The van der Waals surface area contributed by atoms with Gasteiger partial charge in [0.25, 0.3) is 5.82 Å². The van der Waals surface area contributed by atoms with Gasteiger partial charge in [-0.3, -0.25) is 0 Å². The Morgan fingerprint density at radius 3 is 2.28 bits per heavy atom. The molecule has 0 amide bonds. The third-order valence-electron chi connectivity index (χ3n) is 8.49. The lowest BCUT2D eigenvalue weighted by Crippen LogP contribution is -2.69. The molecule has 5 rings (SSSR count). The van der Waals surface area contributed by atoms with Crippen molar-refractivity contribution >= 4 is 0 Å². The first-order valence-electron chi connectivity index (χ1n) is 12.9. The first-order chi connectivity index (χ1) is 18.5. The molecular formula is C29H30F5N5+2. The van der Waals surface area contributed by atoms with E-state index in [0.29, 0.717) is 41.8 Å². The summed E-state index contributed by atoms with van der Waals surface area (Å²) < 4.78 is 76.1. The quantitative estimate of drug-likeness (QED) is 0.225. The van der Waals surface area contributed by atoms with Crippen molar-refractivity contribution in [2.24, 2.45) is 7.05 Å². The van der Waals surface area contributed by atoms with E-state index in [0.717, 1.165) is 6.07 Å². The van der Waals surface area contributed by atoms with E-state index in [-0.39, 0.29) is 12.4 Å². The van der Waals surface area contributed by atoms with Crippen LogP contribution < -0.4 is 9.13 Å². The van der Waals surface area contributed by atoms with Crippen LogP contribution in [0.15, 0.2) is 60.9 Å². The molecule has 0 fully saturated rings. The van der Waals surface area contributed by atoms with E-state index in [2.05, 4.69) is 10.1 Å². The molecule has 204 valence electrons. The van der Waals surface area contributed by atoms with Crippen molar-refractivity contribution < 1.29 is 31.1 Å². The van der Waals surface area contributed by atoms with E-state index >= 15 is 4.39 Å². The van der Waals surface area contributed by atoms with Crippen LogP contribution in [0.25, 0.3) is 22.8 Å². The fourth-order valence-electron chi connectivity index (χ4n) is 6.31. The number of fused-ring (bicyclic) bond motifs is 3. The lowest BCUT2D eigenvalue weighted by Gasteiger charge is -2.48. The maximum absolute atomic E-state index is 15.3. The van der Waals surface area contributed by atoms with E-state index in [4.69, 9.17) is 0 Å². The van der Waals surface area contributed by atoms with Gasteiger partial charge in [0.05, 0.1) is 17.5 Å². The van der Waals surface area contributed by atoms with Crippen LogP contribution in [0.2, 0.25) is 0 Å². The zero-order valence-electron chi connectivity index (χ0n) is 22.2. The minimum atomic E-state index is -4.71. The van der Waals surface area contributed by atoms with Gasteiger partial charge in [-0.1, -0.05) is 13.8 Å². The molecule has 0 saturated carbocycles. The monoisotopic (exact) mass is 543 g/mol. The lowest BCUT2D eigenvalue weighted by molar-refractivity contribution is -0.770. The summed E-state index contributed by atoms with van der Waals surface area (Å²) in [4.78, 5) is 3.88. The smallest absolute Gasteiger partial charge is 0.240 e. The van der Waals surface area contributed by atoms with Crippen LogP contribution in [0.1, 0.15) is 51.4 Å². The number of hydrogen-bond acceptors (Lipinski definition) is 2. The van der Waals surface area contributed by atoms with E-state index in [9.17, 15) is 17.6 Å². The molecule has 1 aliphatic rings. The van der Waals surface area contributed by atoms with Gasteiger partial charge in [-0.05, 0) is 37.1 Å². The maximum atomic E-state index is 15.3. The lowest BCUT2D eigenvalue weighted by atomic mass is 9.58. The first-order valence-corrected chi connectivity index (χ1v) is 12.9. The largest absolute Gasteiger partial charge is 0.453 e. The Hall–Kier alpha value is -3.69. The molecule has 39 heavy (non-hydrogen) atoms. The number of aromatic nitrogens is 5. The van der Waals surface area contributed by atoms with Gasteiger partial charge in [0.1, 0.15) is 18.7 Å². The molecule has 10 heteroatoms. The van der Waals surface area contributed by atoms with Crippen molar-refractivity contribution in [2.75, 3.05) is 0 Å². The summed E-state index contributed by atoms with van der Waals surface area (Å²) in [6.45, 7) is 6.06. The number of halogens is 5. The first kappa shape index (κ1) is 26.9. The number of hydrogen-bond donors (Lipinski definition) is 0. The Kier molecular flexibility index (Phi) is 6.55. The molecule has 2 unspecified atom stereocenters. The van der Waals surface area contributed by atoms with E-state index in [1.807, 2.05) is 37.6 Å². The fourth-order valence-corrected chi connectivity index (χ4v) is 6.31. The predicted molar refractivity (Wildman–Crippen MR) is 134 cm³/mol. The third kappa shape index (κ3) is 4.11. The van der Waals surface area contributed by atoms with Crippen molar-refractivity contribution in [3.8, 4) is 22.8 Å². The summed E-state index contributed by atoms with van der Waals surface area (Å²) in [6.07, 6.45) is 0.344. The van der Waals surface area contributed by atoms with Gasteiger partial charge in [-0.15, -0.1) is 5.10 Å². The van der Waals surface area contributed by atoms with E-state index in [1.165, 1.54) is 10.7 Å². The summed E-state index contributed by atoms with van der Waals surface area (Å²) in [5.74, 6) is -2.41. The van der Waals surface area contributed by atoms with Crippen molar-refractivity contribution in [2.45, 2.75) is 63.7 Å². The number of pyridine rings is 2. The van der Waals surface area contributed by atoms with E-state index in [1.54, 1.807) is 48.1 Å². The summed E-state index contributed by atoms with van der Waals surface area (Å²) in [6, 6.07) is 12.9. The predicted octanol–water partition coefficient (Wildman–Crippen LogP) is 5.90. The van der Waals surface area contributed by atoms with E-state index < -0.39 is 34.6 Å². The molecule has 3 aromatic heterocycles. The number of aryl methyl sites for hydroxylation is 2. The fraction of sp³-hybridized carbons (Fsp3) is 0.379. The molecule has 0 spiro atoms. The topological polar surface area (TPSA) is 38.5 Å². The van der Waals surface area contributed by atoms with Gasteiger partial charge in [0, 0.05) is 43.2 Å². The van der Waals surface area contributed by atoms with Crippen molar-refractivity contribution in [1.29, 1.82) is 0 Å². The molecule has 1 aliphatic heterocycles. The summed E-state index contributed by atoms with van der Waals surface area (Å²) in [7, 11) is 1.73. The summed E-state index contributed by atoms with van der Waals surface area (Å²) in [5, 5.41) is 3.89. The second-order valence-corrected chi connectivity index (χ2v) is 10.3. The Morgan fingerprint density at radius 2 is 1.64 bits per heavy atom. The summed E-state index contributed by atoms with van der Waals surface area (Å²) >= 11 is 0. The SMILES string of the molecule is CCC1(C)c2cc(F)cc(F)c2-c2cccc[n+]2C1(CC)CCn1nc(C(F)(F)F)nc1-c1cccc[n+]1C. The van der Waals surface area contributed by atoms with Gasteiger partial charge in [-0.2, -0.15) is 27.3 Å². The highest BCUT2D eigenvalue weighted by Crippen LogP contribution is 2.52. The standard InChI is InChI=1S/C29H30F5N5/c1-5-27(3)20-17-19(30)18-21(31)24(20)22-11-8-10-15-38(22)28(27,6-2)13-16-39-25(23-12-7-9-14-37(23)4)35-26(36-39)29(32,33)34/h7-12,14-15,17-18H,5-6,13,16H2,1-4H3/q+2. The van der Waals surface area contributed by atoms with Crippen molar-refractivity contribution in [3.63, 3.8) is 0 Å². The molecule has 0 aliphatic carbocycles. The zero-order valence-corrected chi connectivity index (χ0v) is 22.2. The van der Waals surface area contributed by atoms with Crippen LogP contribution in [0.5, 0.6) is 0 Å². The van der Waals surface area contributed by atoms with Crippen LogP contribution in [-0.2, 0) is 30.7 Å². The van der Waals surface area contributed by atoms with Gasteiger partial charge in [-0.25, -0.2) is 13.5 Å². The highest BCUT2D eigenvalue weighted by molar-refractivity contribution is 5.66. The second-order valence-electron chi connectivity index (χ2n) is 10.3. The summed E-state index contributed by atoms with van der Waals surface area (Å²) in [5.41, 5.74) is 0.510. The molecule has 0 saturated heterocycles. The molecule has 0 bridgehead atoms. The molecule has 4 heterocycles. The highest BCUT2D eigenvalue weighted by Gasteiger charge is 2.59. The normalized spacial score (nSPS) is 20.5. The average molecular weight is 544 g/mol. The van der Waals surface area contributed by atoms with Gasteiger partial charge < -0.3 is 0 Å². The van der Waals surface area contributed by atoms with Gasteiger partial charge in [0.15, 0.2) is 17.9 Å². The molecule has 0 radical (unpaired) electrons. The van der Waals surface area contributed by atoms with Crippen molar-refractivity contribution in [1.82, 2.24) is 14.8 Å². The number of benzene rings is 1. The zero-order chi connectivity index (χ0) is 28.2. The molecule has 4 aromatic rings. The van der Waals surface area contributed by atoms with Crippen LogP contribution >= 0.6 is 0 Å². The molecule has 1 aromatic carbocycles. The maximum Gasteiger partial charge on any atom is 0.453 e. The molecular weight excluding hydrogens is 513 g/mol. The minimum absolute atomic E-state index is 0.0986. The Labute approximate surface area is 223 Å². The second kappa shape index (κ2) is 9.50. The van der Waals surface area contributed by atoms with Crippen LogP contribution in [-0.4, -0.2) is 14.8 Å².